The molecule has 0 unspecified atom stereocenters. The third kappa shape index (κ3) is 2.35. The molecular weight excluding hydrogens is 190 g/mol. The van der Waals surface area contributed by atoms with Crippen LogP contribution in [0.2, 0.25) is 0 Å². The van der Waals surface area contributed by atoms with Gasteiger partial charge in [-0.2, -0.15) is 0 Å². The van der Waals surface area contributed by atoms with Gasteiger partial charge in [0.1, 0.15) is 0 Å². The van der Waals surface area contributed by atoms with Gasteiger partial charge in [0, 0.05) is 12.2 Å². The van der Waals surface area contributed by atoms with Crippen molar-refractivity contribution in [3.63, 3.8) is 0 Å². The van der Waals surface area contributed by atoms with Gasteiger partial charge >= 0.3 is 0 Å². The number of pyridine rings is 1. The molecule has 1 aromatic rings. The third-order valence-corrected chi connectivity index (χ3v) is 2.40. The maximum Gasteiger partial charge on any atom is 0.261 e. The predicted octanol–water partition coefficient (Wildman–Crippen LogP) is 2.19. The molecule has 0 saturated carbocycles. The largest absolute Gasteiger partial charge is 0.312 e. The summed E-state index contributed by atoms with van der Waals surface area (Å²) in [4.78, 5) is 22.5. The van der Waals surface area contributed by atoms with Crippen molar-refractivity contribution in [2.24, 2.45) is 0 Å². The fourth-order valence-corrected chi connectivity index (χ4v) is 1.66. The molecule has 0 aromatic carbocycles. The highest BCUT2D eigenvalue weighted by Crippen LogP contribution is 2.12. The highest BCUT2D eigenvalue weighted by Gasteiger charge is 2.09. The highest BCUT2D eigenvalue weighted by atomic mass is 16.1. The zero-order valence-corrected chi connectivity index (χ0v) is 9.49. The first-order valence-electron chi connectivity index (χ1n) is 5.30. The number of nitrogens with zero attached hydrogens (tertiary/aromatic N) is 1. The van der Waals surface area contributed by atoms with Crippen molar-refractivity contribution >= 4 is 6.29 Å². The number of aromatic nitrogens is 1. The van der Waals surface area contributed by atoms with E-state index in [0.29, 0.717) is 18.7 Å². The molecule has 3 nitrogen and oxygen atoms in total. The number of aldehydes is 1. The Balaban J connectivity index is 3.37. The van der Waals surface area contributed by atoms with Crippen LogP contribution in [0.4, 0.5) is 0 Å². The van der Waals surface area contributed by atoms with Crippen molar-refractivity contribution in [1.82, 2.24) is 4.57 Å². The van der Waals surface area contributed by atoms with E-state index in [1.807, 2.05) is 26.8 Å². The van der Waals surface area contributed by atoms with Gasteiger partial charge < -0.3 is 4.57 Å². The van der Waals surface area contributed by atoms with E-state index in [1.54, 1.807) is 10.6 Å². The Bertz CT molecular complexity index is 405. The summed E-state index contributed by atoms with van der Waals surface area (Å²) in [5.41, 5.74) is 1.07. The molecule has 0 spiro atoms. The molecule has 0 aliphatic carbocycles. The van der Waals surface area contributed by atoms with Gasteiger partial charge in [0.25, 0.3) is 5.56 Å². The van der Waals surface area contributed by atoms with Crippen LogP contribution in [0.15, 0.2) is 16.9 Å². The lowest BCUT2D eigenvalue weighted by molar-refractivity contribution is 0.112. The second-order valence-corrected chi connectivity index (χ2v) is 3.94. The minimum absolute atomic E-state index is 0.168. The predicted molar refractivity (Wildman–Crippen MR) is 60.5 cm³/mol. The Morgan fingerprint density at radius 3 is 2.53 bits per heavy atom. The molecule has 82 valence electrons. The topological polar surface area (TPSA) is 39.1 Å². The standard InChI is InChI=1S/C12H17NO2/c1-4-7-13-11(9(2)3)6-5-10(8-14)12(13)15/h5-6,8-9H,4,7H2,1-3H3. The maximum absolute atomic E-state index is 11.8. The molecule has 1 aromatic heterocycles. The van der Waals surface area contributed by atoms with E-state index in [4.69, 9.17) is 0 Å². The summed E-state index contributed by atoms with van der Waals surface area (Å²) in [6.07, 6.45) is 1.51. The minimum Gasteiger partial charge on any atom is -0.312 e. The lowest BCUT2D eigenvalue weighted by atomic mass is 10.1. The van der Waals surface area contributed by atoms with Crippen LogP contribution in [0.3, 0.4) is 0 Å². The zero-order valence-electron chi connectivity index (χ0n) is 9.49. The molecule has 0 atom stereocenters. The van der Waals surface area contributed by atoms with E-state index in [0.717, 1.165) is 12.1 Å². The van der Waals surface area contributed by atoms with Crippen molar-refractivity contribution in [2.75, 3.05) is 0 Å². The SMILES string of the molecule is CCCn1c(C(C)C)ccc(C=O)c1=O. The van der Waals surface area contributed by atoms with Gasteiger partial charge in [0.15, 0.2) is 6.29 Å². The molecule has 15 heavy (non-hydrogen) atoms. The van der Waals surface area contributed by atoms with Crippen molar-refractivity contribution in [3.8, 4) is 0 Å². The summed E-state index contributed by atoms with van der Waals surface area (Å²) in [5, 5.41) is 0. The van der Waals surface area contributed by atoms with Crippen LogP contribution >= 0.6 is 0 Å². The molecule has 0 N–H and O–H groups in total. The first-order chi connectivity index (χ1) is 7.11. The Kier molecular flexibility index (Phi) is 3.83. The van der Waals surface area contributed by atoms with Crippen LogP contribution in [0.5, 0.6) is 0 Å². The van der Waals surface area contributed by atoms with Crippen LogP contribution in [0.1, 0.15) is 49.2 Å². The number of hydrogen-bond donors (Lipinski definition) is 0. The summed E-state index contributed by atoms with van der Waals surface area (Å²) in [6.45, 7) is 6.78. The Morgan fingerprint density at radius 2 is 2.07 bits per heavy atom. The van der Waals surface area contributed by atoms with Gasteiger partial charge in [-0.3, -0.25) is 9.59 Å². The molecule has 1 rings (SSSR count). The van der Waals surface area contributed by atoms with Crippen LogP contribution in [-0.2, 0) is 6.54 Å². The third-order valence-electron chi connectivity index (χ3n) is 2.40. The van der Waals surface area contributed by atoms with Gasteiger partial charge in [-0.25, -0.2) is 0 Å². The molecule has 0 amide bonds. The molecule has 0 aliphatic rings. The number of hydrogen-bond acceptors (Lipinski definition) is 2. The Hall–Kier alpha value is -1.38. The van der Waals surface area contributed by atoms with Gasteiger partial charge in [-0.05, 0) is 24.5 Å². The van der Waals surface area contributed by atoms with E-state index >= 15 is 0 Å². The quantitative estimate of drug-likeness (QED) is 0.710. The van der Waals surface area contributed by atoms with Crippen LogP contribution in [0.25, 0.3) is 0 Å². The second-order valence-electron chi connectivity index (χ2n) is 3.94. The minimum atomic E-state index is -0.168. The van der Waals surface area contributed by atoms with Crippen molar-refractivity contribution in [2.45, 2.75) is 39.7 Å². The highest BCUT2D eigenvalue weighted by molar-refractivity contribution is 5.73. The fourth-order valence-electron chi connectivity index (χ4n) is 1.66. The first-order valence-corrected chi connectivity index (χ1v) is 5.30. The second kappa shape index (κ2) is 4.91. The number of rotatable bonds is 4. The van der Waals surface area contributed by atoms with Gasteiger partial charge in [0.05, 0.1) is 5.56 Å². The lowest BCUT2D eigenvalue weighted by Gasteiger charge is -2.15. The molecule has 0 aliphatic heterocycles. The normalized spacial score (nSPS) is 10.7. The fraction of sp³-hybridized carbons (Fsp3) is 0.500. The average molecular weight is 207 g/mol. The molecule has 0 radical (unpaired) electrons. The van der Waals surface area contributed by atoms with Gasteiger partial charge in [0.2, 0.25) is 0 Å². The lowest BCUT2D eigenvalue weighted by Crippen LogP contribution is -2.26. The average Bonchev–Trinajstić information content (AvgIpc) is 2.20. The van der Waals surface area contributed by atoms with Crippen LogP contribution in [0, 0.1) is 0 Å². The first kappa shape index (κ1) is 11.7. The van der Waals surface area contributed by atoms with Crippen molar-refractivity contribution < 1.29 is 4.79 Å². The molecule has 1 heterocycles. The summed E-state index contributed by atoms with van der Waals surface area (Å²) < 4.78 is 1.70. The van der Waals surface area contributed by atoms with E-state index in [9.17, 15) is 9.59 Å². The molecular formula is C12H17NO2. The summed E-state index contributed by atoms with van der Waals surface area (Å²) in [6, 6.07) is 3.47. The maximum atomic E-state index is 11.8. The summed E-state index contributed by atoms with van der Waals surface area (Å²) >= 11 is 0. The van der Waals surface area contributed by atoms with Crippen molar-refractivity contribution in [3.05, 3.63) is 33.7 Å². The smallest absolute Gasteiger partial charge is 0.261 e. The van der Waals surface area contributed by atoms with Crippen LogP contribution < -0.4 is 5.56 Å². The summed E-state index contributed by atoms with van der Waals surface area (Å²) in [7, 11) is 0. The monoisotopic (exact) mass is 207 g/mol. The van der Waals surface area contributed by atoms with Crippen LogP contribution in [-0.4, -0.2) is 10.9 Å². The van der Waals surface area contributed by atoms with E-state index < -0.39 is 0 Å². The van der Waals surface area contributed by atoms with Gasteiger partial charge in [-0.15, -0.1) is 0 Å². The van der Waals surface area contributed by atoms with Gasteiger partial charge in [-0.1, -0.05) is 20.8 Å². The Morgan fingerprint density at radius 1 is 1.40 bits per heavy atom. The van der Waals surface area contributed by atoms with E-state index in [-0.39, 0.29) is 11.1 Å². The summed E-state index contributed by atoms with van der Waals surface area (Å²) in [5.74, 6) is 0.296. The molecule has 3 heteroatoms. The molecule has 0 saturated heterocycles. The number of carbonyl (C=O) groups is 1. The number of carbonyl (C=O) groups excluding carboxylic acids is 1. The van der Waals surface area contributed by atoms with E-state index in [2.05, 4.69) is 0 Å². The molecule has 0 bridgehead atoms. The molecule has 0 fully saturated rings. The van der Waals surface area contributed by atoms with Crippen molar-refractivity contribution in [1.29, 1.82) is 0 Å². The zero-order chi connectivity index (χ0) is 11.4. The van der Waals surface area contributed by atoms with E-state index in [1.165, 1.54) is 0 Å². The Labute approximate surface area is 89.7 Å².